The lowest BCUT2D eigenvalue weighted by Gasteiger charge is -2.35. The molecule has 22 heavy (non-hydrogen) atoms. The van der Waals surface area contributed by atoms with Crippen molar-refractivity contribution in [1.82, 2.24) is 4.72 Å². The molecule has 0 aliphatic carbocycles. The van der Waals surface area contributed by atoms with E-state index in [1.165, 1.54) is 0 Å². The third kappa shape index (κ3) is 3.18. The van der Waals surface area contributed by atoms with E-state index in [-0.39, 0.29) is 17.1 Å². The standard InChI is InChI=1S/C15H21NO5S/c1-3-19-13-8-11-9-20-15(21-11)14(13)16-22(17,18)12-6-4-10(2)5-7-12/h4-7,11,13-16H,3,8-9H2,1-2H3/t11-,13+,14-,15+/m0/s1. The van der Waals surface area contributed by atoms with Crippen LogP contribution in [0.25, 0.3) is 0 Å². The van der Waals surface area contributed by atoms with E-state index < -0.39 is 22.4 Å². The maximum Gasteiger partial charge on any atom is 0.241 e. The molecule has 122 valence electrons. The number of fused-ring (bicyclic) bond motifs is 2. The molecule has 1 N–H and O–H groups in total. The highest BCUT2D eigenvalue weighted by Gasteiger charge is 2.46. The number of benzene rings is 1. The Kier molecular flexibility index (Phi) is 4.52. The predicted octanol–water partition coefficient (Wildman–Crippen LogP) is 1.19. The van der Waals surface area contributed by atoms with Gasteiger partial charge in [-0.3, -0.25) is 0 Å². The van der Waals surface area contributed by atoms with Crippen molar-refractivity contribution in [1.29, 1.82) is 0 Å². The molecule has 0 aromatic heterocycles. The largest absolute Gasteiger partial charge is 0.377 e. The van der Waals surface area contributed by atoms with Crippen LogP contribution in [0.3, 0.4) is 0 Å². The highest BCUT2D eigenvalue weighted by Crippen LogP contribution is 2.30. The normalized spacial score (nSPS) is 31.4. The van der Waals surface area contributed by atoms with Crippen LogP contribution in [0, 0.1) is 6.92 Å². The van der Waals surface area contributed by atoms with E-state index in [0.29, 0.717) is 19.6 Å². The average Bonchev–Trinajstić information content (AvgIpc) is 2.87. The molecule has 0 spiro atoms. The van der Waals surface area contributed by atoms with E-state index in [4.69, 9.17) is 14.2 Å². The zero-order chi connectivity index (χ0) is 15.7. The van der Waals surface area contributed by atoms with Crippen LogP contribution in [0.4, 0.5) is 0 Å². The van der Waals surface area contributed by atoms with E-state index in [1.54, 1.807) is 24.3 Å². The summed E-state index contributed by atoms with van der Waals surface area (Å²) in [5.41, 5.74) is 1.01. The van der Waals surface area contributed by atoms with E-state index in [2.05, 4.69) is 4.72 Å². The van der Waals surface area contributed by atoms with Crippen molar-refractivity contribution in [3.63, 3.8) is 0 Å². The molecule has 0 saturated carbocycles. The van der Waals surface area contributed by atoms with Crippen molar-refractivity contribution >= 4 is 10.0 Å². The number of aryl methyl sites for hydroxylation is 1. The molecule has 2 saturated heterocycles. The van der Waals surface area contributed by atoms with Gasteiger partial charge in [0, 0.05) is 13.0 Å². The topological polar surface area (TPSA) is 73.9 Å². The fourth-order valence-corrected chi connectivity index (χ4v) is 4.10. The van der Waals surface area contributed by atoms with Gasteiger partial charge in [0.05, 0.1) is 29.8 Å². The number of ether oxygens (including phenoxy) is 3. The minimum absolute atomic E-state index is 0.0123. The zero-order valence-corrected chi connectivity index (χ0v) is 13.5. The fourth-order valence-electron chi connectivity index (χ4n) is 2.85. The first-order valence-electron chi connectivity index (χ1n) is 7.47. The Balaban J connectivity index is 1.81. The van der Waals surface area contributed by atoms with Crippen molar-refractivity contribution in [3.8, 4) is 0 Å². The minimum atomic E-state index is -3.64. The molecule has 2 aliphatic heterocycles. The minimum Gasteiger partial charge on any atom is -0.377 e. The molecule has 3 rings (SSSR count). The fraction of sp³-hybridized carbons (Fsp3) is 0.600. The summed E-state index contributed by atoms with van der Waals surface area (Å²) in [5.74, 6) is 0. The molecule has 2 aliphatic rings. The second-order valence-electron chi connectivity index (χ2n) is 5.65. The van der Waals surface area contributed by atoms with Gasteiger partial charge in [0.2, 0.25) is 10.0 Å². The molecule has 0 unspecified atom stereocenters. The summed E-state index contributed by atoms with van der Waals surface area (Å²) in [4.78, 5) is 0.230. The number of hydrogen-bond acceptors (Lipinski definition) is 5. The van der Waals surface area contributed by atoms with Crippen LogP contribution >= 0.6 is 0 Å². The van der Waals surface area contributed by atoms with Gasteiger partial charge in [0.1, 0.15) is 0 Å². The molecule has 2 fully saturated rings. The van der Waals surface area contributed by atoms with Crippen LogP contribution < -0.4 is 4.72 Å². The first-order chi connectivity index (χ1) is 10.5. The SMILES string of the molecule is CCO[C@@H]1C[C@H]2CO[C@H](O2)[C@H]1NS(=O)(=O)c1ccc(C)cc1. The first-order valence-corrected chi connectivity index (χ1v) is 8.95. The molecular formula is C15H21NO5S. The van der Waals surface area contributed by atoms with Crippen LogP contribution in [-0.4, -0.2) is 46.2 Å². The number of sulfonamides is 1. The van der Waals surface area contributed by atoms with E-state index in [1.807, 2.05) is 13.8 Å². The molecule has 0 radical (unpaired) electrons. The van der Waals surface area contributed by atoms with Gasteiger partial charge in [0.15, 0.2) is 6.29 Å². The van der Waals surface area contributed by atoms with Gasteiger partial charge < -0.3 is 14.2 Å². The Hall–Kier alpha value is -0.990. The predicted molar refractivity (Wildman–Crippen MR) is 79.9 cm³/mol. The number of hydrogen-bond donors (Lipinski definition) is 1. The van der Waals surface area contributed by atoms with Crippen LogP contribution in [0.5, 0.6) is 0 Å². The second-order valence-corrected chi connectivity index (χ2v) is 7.36. The molecule has 2 bridgehead atoms. The highest BCUT2D eigenvalue weighted by atomic mass is 32.2. The Bertz CT molecular complexity index is 615. The monoisotopic (exact) mass is 327 g/mol. The molecule has 1 aromatic rings. The quantitative estimate of drug-likeness (QED) is 0.879. The Morgan fingerprint density at radius 1 is 1.32 bits per heavy atom. The van der Waals surface area contributed by atoms with Crippen molar-refractivity contribution in [2.45, 2.75) is 49.7 Å². The van der Waals surface area contributed by atoms with Crippen molar-refractivity contribution < 1.29 is 22.6 Å². The molecule has 2 heterocycles. The van der Waals surface area contributed by atoms with Gasteiger partial charge in [-0.05, 0) is 26.0 Å². The molecule has 0 amide bonds. The van der Waals surface area contributed by atoms with Gasteiger partial charge >= 0.3 is 0 Å². The van der Waals surface area contributed by atoms with E-state index in [9.17, 15) is 8.42 Å². The molecular weight excluding hydrogens is 306 g/mol. The van der Waals surface area contributed by atoms with E-state index in [0.717, 1.165) is 5.56 Å². The first kappa shape index (κ1) is 15.9. The van der Waals surface area contributed by atoms with Crippen LogP contribution in [0.15, 0.2) is 29.2 Å². The van der Waals surface area contributed by atoms with Crippen molar-refractivity contribution in [2.24, 2.45) is 0 Å². The molecule has 6 nitrogen and oxygen atoms in total. The Labute approximate surface area is 130 Å². The maximum atomic E-state index is 12.6. The summed E-state index contributed by atoms with van der Waals surface area (Å²) >= 11 is 0. The summed E-state index contributed by atoms with van der Waals surface area (Å²) in [7, 11) is -3.64. The zero-order valence-electron chi connectivity index (χ0n) is 12.7. The second kappa shape index (κ2) is 6.25. The summed E-state index contributed by atoms with van der Waals surface area (Å²) in [6.45, 7) is 4.81. The summed E-state index contributed by atoms with van der Waals surface area (Å²) in [5, 5.41) is 0. The van der Waals surface area contributed by atoms with Crippen molar-refractivity contribution in [3.05, 3.63) is 29.8 Å². The Morgan fingerprint density at radius 2 is 2.05 bits per heavy atom. The smallest absolute Gasteiger partial charge is 0.241 e. The highest BCUT2D eigenvalue weighted by molar-refractivity contribution is 7.89. The van der Waals surface area contributed by atoms with Crippen LogP contribution in [-0.2, 0) is 24.2 Å². The van der Waals surface area contributed by atoms with Gasteiger partial charge in [-0.2, -0.15) is 0 Å². The van der Waals surface area contributed by atoms with E-state index >= 15 is 0 Å². The molecule has 4 atom stereocenters. The lowest BCUT2D eigenvalue weighted by Crippen LogP contribution is -2.55. The Morgan fingerprint density at radius 3 is 2.73 bits per heavy atom. The van der Waals surface area contributed by atoms with Gasteiger partial charge in [-0.15, -0.1) is 0 Å². The summed E-state index contributed by atoms with van der Waals surface area (Å²) < 4.78 is 44.7. The third-order valence-electron chi connectivity index (χ3n) is 3.97. The third-order valence-corrected chi connectivity index (χ3v) is 5.44. The lowest BCUT2D eigenvalue weighted by molar-refractivity contribution is -0.147. The molecule has 1 aromatic carbocycles. The van der Waals surface area contributed by atoms with Crippen molar-refractivity contribution in [2.75, 3.05) is 13.2 Å². The summed E-state index contributed by atoms with van der Waals surface area (Å²) in [6, 6.07) is 6.19. The van der Waals surface area contributed by atoms with Crippen LogP contribution in [0.2, 0.25) is 0 Å². The van der Waals surface area contributed by atoms with Gasteiger partial charge in [0.25, 0.3) is 0 Å². The van der Waals surface area contributed by atoms with Crippen LogP contribution in [0.1, 0.15) is 18.9 Å². The summed E-state index contributed by atoms with van der Waals surface area (Å²) in [6.07, 6.45) is -0.209. The number of rotatable bonds is 5. The lowest BCUT2D eigenvalue weighted by atomic mass is 10.0. The van der Waals surface area contributed by atoms with Gasteiger partial charge in [-0.1, -0.05) is 17.7 Å². The maximum absolute atomic E-state index is 12.6. The average molecular weight is 327 g/mol. The number of nitrogens with one attached hydrogen (secondary N) is 1. The van der Waals surface area contributed by atoms with Gasteiger partial charge in [-0.25, -0.2) is 13.1 Å². The molecule has 7 heteroatoms.